The second-order valence-electron chi connectivity index (χ2n) is 7.12. The summed E-state index contributed by atoms with van der Waals surface area (Å²) in [6.07, 6.45) is 4.42. The lowest BCUT2D eigenvalue weighted by atomic mass is 10.00. The Morgan fingerprint density at radius 3 is 2.58 bits per heavy atom. The van der Waals surface area contributed by atoms with Crippen LogP contribution < -0.4 is 0 Å². The quantitative estimate of drug-likeness (QED) is 0.800. The second kappa shape index (κ2) is 9.91. The molecule has 0 bridgehead atoms. The smallest absolute Gasteiger partial charge is 0.317 e. The summed E-state index contributed by atoms with van der Waals surface area (Å²) in [4.78, 5) is 15.3. The molecule has 1 saturated heterocycles. The average Bonchev–Trinajstić information content (AvgIpc) is 2.62. The van der Waals surface area contributed by atoms with Gasteiger partial charge in [0.25, 0.3) is 0 Å². The number of nitrogens with zero attached hydrogens (tertiary/aromatic N) is 2. The molecule has 26 heavy (non-hydrogen) atoms. The fraction of sp³-hybridized carbons (Fsp3) is 0.476. The molecule has 5 heteroatoms. The number of likely N-dealkylation sites (N-methyl/N-ethyl adjacent to an activating group) is 1. The van der Waals surface area contributed by atoms with Crippen LogP contribution in [0, 0.1) is 0 Å². The van der Waals surface area contributed by atoms with Crippen LogP contribution in [0.3, 0.4) is 0 Å². The molecule has 0 amide bonds. The van der Waals surface area contributed by atoms with E-state index in [0.29, 0.717) is 6.04 Å². The number of hydrogen-bond donors (Lipinski definition) is 1. The van der Waals surface area contributed by atoms with Crippen LogP contribution in [0.2, 0.25) is 0 Å². The molecule has 0 unspecified atom stereocenters. The van der Waals surface area contributed by atoms with Crippen molar-refractivity contribution in [1.29, 1.82) is 0 Å². The van der Waals surface area contributed by atoms with Crippen molar-refractivity contribution in [3.05, 3.63) is 48.0 Å². The van der Waals surface area contributed by atoms with Crippen LogP contribution in [-0.2, 0) is 11.2 Å². The van der Waals surface area contributed by atoms with Gasteiger partial charge in [0, 0.05) is 6.04 Å². The summed E-state index contributed by atoms with van der Waals surface area (Å²) in [6, 6.07) is 15.6. The SMILES string of the molecule is CN(CC(=O)O)C1CCN(CCCc2cccc3ccccc23)CC1.Cl. The number of carboxylic acids is 1. The number of aryl methyl sites for hydroxylation is 1. The van der Waals surface area contributed by atoms with Gasteiger partial charge >= 0.3 is 5.97 Å². The molecule has 0 aliphatic carbocycles. The normalized spacial score (nSPS) is 15.9. The zero-order valence-electron chi connectivity index (χ0n) is 15.4. The largest absolute Gasteiger partial charge is 0.480 e. The Morgan fingerprint density at radius 1 is 1.15 bits per heavy atom. The molecule has 0 spiro atoms. The summed E-state index contributed by atoms with van der Waals surface area (Å²) >= 11 is 0. The predicted octanol–water partition coefficient (Wildman–Crippen LogP) is 3.68. The number of fused-ring (bicyclic) bond motifs is 1. The lowest BCUT2D eigenvalue weighted by molar-refractivity contribution is -0.138. The van der Waals surface area contributed by atoms with Gasteiger partial charge in [-0.05, 0) is 68.7 Å². The van der Waals surface area contributed by atoms with Crippen molar-refractivity contribution in [3.8, 4) is 0 Å². The van der Waals surface area contributed by atoms with E-state index in [9.17, 15) is 4.79 Å². The Labute approximate surface area is 162 Å². The van der Waals surface area contributed by atoms with Crippen molar-refractivity contribution < 1.29 is 9.90 Å². The second-order valence-corrected chi connectivity index (χ2v) is 7.12. The first-order valence-corrected chi connectivity index (χ1v) is 9.24. The van der Waals surface area contributed by atoms with Crippen molar-refractivity contribution in [2.24, 2.45) is 0 Å². The highest BCUT2D eigenvalue weighted by atomic mass is 35.5. The Bertz CT molecular complexity index is 709. The molecule has 0 saturated carbocycles. The van der Waals surface area contributed by atoms with E-state index in [1.165, 1.54) is 22.8 Å². The molecule has 1 heterocycles. The van der Waals surface area contributed by atoms with E-state index in [2.05, 4.69) is 47.4 Å². The van der Waals surface area contributed by atoms with Gasteiger partial charge in [-0.25, -0.2) is 0 Å². The van der Waals surface area contributed by atoms with E-state index < -0.39 is 5.97 Å². The summed E-state index contributed by atoms with van der Waals surface area (Å²) < 4.78 is 0. The summed E-state index contributed by atoms with van der Waals surface area (Å²) in [5, 5.41) is 11.6. The van der Waals surface area contributed by atoms with Gasteiger partial charge in [0.1, 0.15) is 0 Å². The van der Waals surface area contributed by atoms with Crippen LogP contribution in [0.5, 0.6) is 0 Å². The summed E-state index contributed by atoms with van der Waals surface area (Å²) in [5.74, 6) is -0.736. The highest BCUT2D eigenvalue weighted by Crippen LogP contribution is 2.20. The number of likely N-dealkylation sites (tertiary alicyclic amines) is 1. The highest BCUT2D eigenvalue weighted by molar-refractivity contribution is 5.86. The van der Waals surface area contributed by atoms with Crippen molar-refractivity contribution in [2.45, 2.75) is 31.7 Å². The molecule has 3 rings (SSSR count). The van der Waals surface area contributed by atoms with E-state index in [4.69, 9.17) is 5.11 Å². The van der Waals surface area contributed by atoms with E-state index >= 15 is 0 Å². The van der Waals surface area contributed by atoms with E-state index in [-0.39, 0.29) is 19.0 Å². The molecule has 1 aliphatic rings. The molecule has 2 aromatic carbocycles. The van der Waals surface area contributed by atoms with E-state index in [1.54, 1.807) is 0 Å². The minimum atomic E-state index is -0.736. The number of aliphatic carboxylic acids is 1. The van der Waals surface area contributed by atoms with Gasteiger partial charge in [0.2, 0.25) is 0 Å². The third-order valence-corrected chi connectivity index (χ3v) is 5.37. The minimum absolute atomic E-state index is 0. The molecule has 142 valence electrons. The van der Waals surface area contributed by atoms with Crippen molar-refractivity contribution >= 4 is 29.1 Å². The zero-order chi connectivity index (χ0) is 17.6. The van der Waals surface area contributed by atoms with Crippen molar-refractivity contribution in [3.63, 3.8) is 0 Å². The van der Waals surface area contributed by atoms with Crippen molar-refractivity contribution in [2.75, 3.05) is 33.2 Å². The first kappa shape index (κ1) is 20.7. The molecular formula is C21H29ClN2O2. The first-order chi connectivity index (χ1) is 12.1. The maximum Gasteiger partial charge on any atom is 0.317 e. The number of carboxylic acid groups (broad SMARTS) is 1. The van der Waals surface area contributed by atoms with Crippen LogP contribution in [0.4, 0.5) is 0 Å². The van der Waals surface area contributed by atoms with Crippen LogP contribution >= 0.6 is 12.4 Å². The van der Waals surface area contributed by atoms with Gasteiger partial charge in [-0.2, -0.15) is 0 Å². The molecule has 1 N–H and O–H groups in total. The number of benzene rings is 2. The van der Waals surface area contributed by atoms with E-state index in [0.717, 1.165) is 38.9 Å². The first-order valence-electron chi connectivity index (χ1n) is 9.24. The summed E-state index contributed by atoms with van der Waals surface area (Å²) in [6.45, 7) is 3.42. The third kappa shape index (κ3) is 5.44. The Hall–Kier alpha value is -1.62. The number of hydrogen-bond acceptors (Lipinski definition) is 3. The van der Waals surface area contributed by atoms with E-state index in [1.807, 2.05) is 11.9 Å². The van der Waals surface area contributed by atoms with Gasteiger partial charge in [-0.15, -0.1) is 12.4 Å². The van der Waals surface area contributed by atoms with Gasteiger partial charge in [-0.3, -0.25) is 9.69 Å². The Morgan fingerprint density at radius 2 is 1.85 bits per heavy atom. The molecule has 2 aromatic rings. The maximum absolute atomic E-state index is 10.8. The fourth-order valence-electron chi connectivity index (χ4n) is 3.93. The molecule has 4 nitrogen and oxygen atoms in total. The van der Waals surface area contributed by atoms with Crippen LogP contribution in [-0.4, -0.2) is 60.1 Å². The fourth-order valence-corrected chi connectivity index (χ4v) is 3.93. The molecular weight excluding hydrogens is 348 g/mol. The topological polar surface area (TPSA) is 43.8 Å². The van der Waals surface area contributed by atoms with Gasteiger partial charge < -0.3 is 10.0 Å². The minimum Gasteiger partial charge on any atom is -0.480 e. The number of piperidine rings is 1. The van der Waals surface area contributed by atoms with Gasteiger partial charge in [-0.1, -0.05) is 42.5 Å². The molecule has 1 fully saturated rings. The standard InChI is InChI=1S/C21H28N2O2.ClH/c1-22(16-21(24)25)19-11-14-23(15-12-19)13-5-9-18-8-4-7-17-6-2-3-10-20(17)18;/h2-4,6-8,10,19H,5,9,11-16H2,1H3,(H,24,25);1H. The third-order valence-electron chi connectivity index (χ3n) is 5.37. The van der Waals surface area contributed by atoms with Gasteiger partial charge in [0.15, 0.2) is 0 Å². The summed E-state index contributed by atoms with van der Waals surface area (Å²) in [5.41, 5.74) is 1.44. The molecule has 0 atom stereocenters. The maximum atomic E-state index is 10.8. The Kier molecular flexibility index (Phi) is 7.88. The van der Waals surface area contributed by atoms with Crippen molar-refractivity contribution in [1.82, 2.24) is 9.80 Å². The van der Waals surface area contributed by atoms with Crippen LogP contribution in [0.25, 0.3) is 10.8 Å². The summed E-state index contributed by atoms with van der Waals surface area (Å²) in [7, 11) is 1.93. The van der Waals surface area contributed by atoms with Crippen LogP contribution in [0.15, 0.2) is 42.5 Å². The van der Waals surface area contributed by atoms with Gasteiger partial charge in [0.05, 0.1) is 6.54 Å². The predicted molar refractivity (Wildman–Crippen MR) is 109 cm³/mol. The monoisotopic (exact) mass is 376 g/mol. The Balaban J connectivity index is 0.00000243. The zero-order valence-corrected chi connectivity index (χ0v) is 16.3. The number of halogens is 1. The lowest BCUT2D eigenvalue weighted by Crippen LogP contribution is -2.45. The molecule has 1 aliphatic heterocycles. The van der Waals surface area contributed by atoms with Crippen LogP contribution in [0.1, 0.15) is 24.8 Å². The number of carbonyl (C=O) groups is 1. The average molecular weight is 377 g/mol. The highest BCUT2D eigenvalue weighted by Gasteiger charge is 2.23. The number of rotatable bonds is 7. The molecule has 0 aromatic heterocycles. The molecule has 0 radical (unpaired) electrons. The lowest BCUT2D eigenvalue weighted by Gasteiger charge is -2.36.